The number of benzene rings is 1. The quantitative estimate of drug-likeness (QED) is 0.870. The van der Waals surface area contributed by atoms with Crippen LogP contribution in [0.4, 0.5) is 0 Å². The molecule has 1 aliphatic carbocycles. The molecule has 0 atom stereocenters. The minimum Gasteiger partial charge on any atom is -0.496 e. The van der Waals surface area contributed by atoms with E-state index < -0.39 is 0 Å². The number of hydrogen-bond donors (Lipinski definition) is 1. The van der Waals surface area contributed by atoms with Gasteiger partial charge in [-0.15, -0.1) is 0 Å². The number of nitrogens with one attached hydrogen (secondary N) is 1. The highest BCUT2D eigenvalue weighted by atomic mass is 16.5. The molecule has 3 heteroatoms. The zero-order chi connectivity index (χ0) is 16.4. The molecule has 1 saturated carbocycles. The maximum Gasteiger partial charge on any atom is 0.217 e. The second-order valence-electron chi connectivity index (χ2n) is 6.22. The number of aryl methyl sites for hydroxylation is 2. The van der Waals surface area contributed by atoms with Gasteiger partial charge in [0.1, 0.15) is 5.75 Å². The van der Waals surface area contributed by atoms with Crippen molar-refractivity contribution in [2.24, 2.45) is 0 Å². The van der Waals surface area contributed by atoms with Gasteiger partial charge in [0.2, 0.25) is 5.91 Å². The highest BCUT2D eigenvalue weighted by Gasteiger charge is 2.11. The van der Waals surface area contributed by atoms with Crippen molar-refractivity contribution in [3.8, 4) is 5.75 Å². The van der Waals surface area contributed by atoms with Crippen molar-refractivity contribution in [2.45, 2.75) is 71.8 Å². The van der Waals surface area contributed by atoms with Crippen LogP contribution in [0.25, 0.3) is 0 Å². The third-order valence-electron chi connectivity index (χ3n) is 4.06. The van der Waals surface area contributed by atoms with Crippen LogP contribution in [0, 0.1) is 13.8 Å². The largest absolute Gasteiger partial charge is 0.496 e. The van der Waals surface area contributed by atoms with E-state index in [2.05, 4.69) is 18.3 Å². The Morgan fingerprint density at radius 1 is 1.09 bits per heavy atom. The molecule has 1 aliphatic rings. The van der Waals surface area contributed by atoms with E-state index in [0.29, 0.717) is 6.04 Å². The van der Waals surface area contributed by atoms with E-state index in [4.69, 9.17) is 4.74 Å². The fourth-order valence-corrected chi connectivity index (χ4v) is 2.92. The molecule has 0 radical (unpaired) electrons. The lowest BCUT2D eigenvalue weighted by molar-refractivity contribution is -0.119. The van der Waals surface area contributed by atoms with Crippen LogP contribution in [0.2, 0.25) is 0 Å². The van der Waals surface area contributed by atoms with Crippen molar-refractivity contribution in [3.63, 3.8) is 0 Å². The minimum absolute atomic E-state index is 0.126. The molecule has 0 bridgehead atoms. The van der Waals surface area contributed by atoms with Gasteiger partial charge in [-0.25, -0.2) is 0 Å². The molecular formula is C19H31NO2. The molecule has 0 unspecified atom stereocenters. The van der Waals surface area contributed by atoms with Crippen LogP contribution in [0.5, 0.6) is 5.75 Å². The van der Waals surface area contributed by atoms with Crippen molar-refractivity contribution in [3.05, 3.63) is 29.3 Å². The van der Waals surface area contributed by atoms with Gasteiger partial charge in [-0.3, -0.25) is 4.79 Å². The van der Waals surface area contributed by atoms with Gasteiger partial charge < -0.3 is 10.1 Å². The summed E-state index contributed by atoms with van der Waals surface area (Å²) < 4.78 is 5.10. The SMILES string of the molecule is CC(=O)NC1CCCCCCC1.COc1ccc(C)cc1C. The molecule has 1 amide bonds. The summed E-state index contributed by atoms with van der Waals surface area (Å²) in [5.41, 5.74) is 2.47. The average molecular weight is 305 g/mol. The van der Waals surface area contributed by atoms with E-state index in [0.717, 1.165) is 5.75 Å². The van der Waals surface area contributed by atoms with Crippen molar-refractivity contribution in [1.29, 1.82) is 0 Å². The van der Waals surface area contributed by atoms with Gasteiger partial charge in [0, 0.05) is 13.0 Å². The molecule has 0 aromatic heterocycles. The summed E-state index contributed by atoms with van der Waals surface area (Å²) in [4.78, 5) is 10.8. The van der Waals surface area contributed by atoms with Crippen LogP contribution in [-0.2, 0) is 4.79 Å². The fraction of sp³-hybridized carbons (Fsp3) is 0.632. The summed E-state index contributed by atoms with van der Waals surface area (Å²) in [5, 5.41) is 3.01. The van der Waals surface area contributed by atoms with Crippen LogP contribution >= 0.6 is 0 Å². The average Bonchev–Trinajstić information content (AvgIpc) is 2.42. The Bertz CT molecular complexity index is 449. The second-order valence-corrected chi connectivity index (χ2v) is 6.22. The number of ether oxygens (including phenoxy) is 1. The van der Waals surface area contributed by atoms with Crippen molar-refractivity contribution >= 4 is 5.91 Å². The number of hydrogen-bond acceptors (Lipinski definition) is 2. The van der Waals surface area contributed by atoms with E-state index in [1.54, 1.807) is 14.0 Å². The lowest BCUT2D eigenvalue weighted by Crippen LogP contribution is -2.33. The molecule has 3 nitrogen and oxygen atoms in total. The Morgan fingerprint density at radius 3 is 2.18 bits per heavy atom. The summed E-state index contributed by atoms with van der Waals surface area (Å²) in [6, 6.07) is 6.61. The van der Waals surface area contributed by atoms with Gasteiger partial charge in [-0.1, -0.05) is 49.8 Å². The lowest BCUT2D eigenvalue weighted by atomic mass is 9.97. The van der Waals surface area contributed by atoms with Crippen LogP contribution in [0.15, 0.2) is 18.2 Å². The topological polar surface area (TPSA) is 38.3 Å². The van der Waals surface area contributed by atoms with E-state index >= 15 is 0 Å². The first-order valence-corrected chi connectivity index (χ1v) is 8.41. The summed E-state index contributed by atoms with van der Waals surface area (Å²) in [7, 11) is 1.69. The summed E-state index contributed by atoms with van der Waals surface area (Å²) in [6.07, 6.45) is 8.99. The highest BCUT2D eigenvalue weighted by molar-refractivity contribution is 5.73. The second kappa shape index (κ2) is 10.3. The standard InChI is InChI=1S/C10H19NO.C9H12O/c1-9(12)11-10-7-5-3-2-4-6-8-10;1-7-4-5-9(10-3)8(2)6-7/h10H,2-8H2,1H3,(H,11,12);4-6H,1-3H3. The molecule has 1 aromatic carbocycles. The molecule has 0 saturated heterocycles. The fourth-order valence-electron chi connectivity index (χ4n) is 2.92. The third-order valence-corrected chi connectivity index (χ3v) is 4.06. The molecule has 0 aliphatic heterocycles. The molecule has 1 N–H and O–H groups in total. The first kappa shape index (κ1) is 18.5. The predicted molar refractivity (Wildman–Crippen MR) is 92.4 cm³/mol. The summed E-state index contributed by atoms with van der Waals surface area (Å²) >= 11 is 0. The monoisotopic (exact) mass is 305 g/mol. The zero-order valence-corrected chi connectivity index (χ0v) is 14.6. The van der Waals surface area contributed by atoms with Gasteiger partial charge in [0.25, 0.3) is 0 Å². The normalized spacial score (nSPS) is 15.8. The molecule has 22 heavy (non-hydrogen) atoms. The van der Waals surface area contributed by atoms with Crippen molar-refractivity contribution in [1.82, 2.24) is 5.32 Å². The van der Waals surface area contributed by atoms with Crippen LogP contribution < -0.4 is 10.1 Å². The Hall–Kier alpha value is -1.51. The van der Waals surface area contributed by atoms with E-state index in [9.17, 15) is 4.79 Å². The first-order valence-electron chi connectivity index (χ1n) is 8.41. The summed E-state index contributed by atoms with van der Waals surface area (Å²) in [5.74, 6) is 1.09. The maximum atomic E-state index is 10.8. The number of amides is 1. The van der Waals surface area contributed by atoms with Crippen molar-refractivity contribution in [2.75, 3.05) is 7.11 Å². The first-order chi connectivity index (χ1) is 10.5. The molecule has 0 heterocycles. The van der Waals surface area contributed by atoms with Crippen LogP contribution in [0.3, 0.4) is 0 Å². The Morgan fingerprint density at radius 2 is 1.68 bits per heavy atom. The van der Waals surface area contributed by atoms with E-state index in [1.807, 2.05) is 19.1 Å². The Kier molecular flexibility index (Phi) is 8.64. The van der Waals surface area contributed by atoms with Crippen LogP contribution in [0.1, 0.15) is 63.0 Å². The highest BCUT2D eigenvalue weighted by Crippen LogP contribution is 2.17. The van der Waals surface area contributed by atoms with Crippen LogP contribution in [-0.4, -0.2) is 19.1 Å². The third kappa shape index (κ3) is 7.48. The van der Waals surface area contributed by atoms with E-state index in [-0.39, 0.29) is 5.91 Å². The zero-order valence-electron chi connectivity index (χ0n) is 14.6. The number of carbonyl (C=O) groups excluding carboxylic acids is 1. The molecule has 124 valence electrons. The number of rotatable bonds is 2. The van der Waals surface area contributed by atoms with Gasteiger partial charge in [-0.05, 0) is 38.3 Å². The Balaban J connectivity index is 0.000000224. The number of methoxy groups -OCH3 is 1. The molecule has 1 fully saturated rings. The van der Waals surface area contributed by atoms with Gasteiger partial charge in [0.15, 0.2) is 0 Å². The molecule has 2 rings (SSSR count). The van der Waals surface area contributed by atoms with E-state index in [1.165, 1.54) is 56.1 Å². The minimum atomic E-state index is 0.126. The molecule has 0 spiro atoms. The maximum absolute atomic E-state index is 10.8. The van der Waals surface area contributed by atoms with Gasteiger partial charge in [-0.2, -0.15) is 0 Å². The Labute approximate surface area is 135 Å². The number of carbonyl (C=O) groups is 1. The molecular weight excluding hydrogens is 274 g/mol. The predicted octanol–water partition coefficient (Wildman–Crippen LogP) is 4.55. The van der Waals surface area contributed by atoms with Gasteiger partial charge >= 0.3 is 0 Å². The van der Waals surface area contributed by atoms with Crippen molar-refractivity contribution < 1.29 is 9.53 Å². The molecule has 1 aromatic rings. The summed E-state index contributed by atoms with van der Waals surface area (Å²) in [6.45, 7) is 5.73. The van der Waals surface area contributed by atoms with Gasteiger partial charge in [0.05, 0.1) is 7.11 Å². The smallest absolute Gasteiger partial charge is 0.217 e. The lowest BCUT2D eigenvalue weighted by Gasteiger charge is -2.19.